The molecule has 0 aliphatic heterocycles. The summed E-state index contributed by atoms with van der Waals surface area (Å²) < 4.78 is 63.3. The fourth-order valence-corrected chi connectivity index (χ4v) is 5.02. The number of halogens is 3. The maximum Gasteiger partial charge on any atom is 0.402 e. The number of thiophene rings is 1. The number of nitrogens with zero attached hydrogens (tertiary/aromatic N) is 1. The van der Waals surface area contributed by atoms with Crippen LogP contribution in [0.4, 0.5) is 13.2 Å². The highest BCUT2D eigenvalue weighted by molar-refractivity contribution is 7.89. The van der Waals surface area contributed by atoms with Crippen molar-refractivity contribution >= 4 is 21.4 Å². The molecule has 0 bridgehead atoms. The van der Waals surface area contributed by atoms with Crippen LogP contribution in [0.3, 0.4) is 0 Å². The minimum Gasteiger partial charge on any atom is -0.315 e. The third-order valence-corrected chi connectivity index (χ3v) is 5.95. The van der Waals surface area contributed by atoms with Crippen LogP contribution < -0.4 is 5.32 Å². The Labute approximate surface area is 119 Å². The summed E-state index contributed by atoms with van der Waals surface area (Å²) in [5, 5.41) is 4.40. The quantitative estimate of drug-likeness (QED) is 0.871. The van der Waals surface area contributed by atoms with Gasteiger partial charge in [0.15, 0.2) is 0 Å². The van der Waals surface area contributed by atoms with Gasteiger partial charge in [-0.1, -0.05) is 0 Å². The Morgan fingerprint density at radius 2 is 2.10 bits per heavy atom. The second-order valence-electron chi connectivity index (χ2n) is 4.63. The fraction of sp³-hybridized carbons (Fsp3) is 0.636. The zero-order chi connectivity index (χ0) is 15.0. The van der Waals surface area contributed by atoms with Crippen molar-refractivity contribution in [2.24, 2.45) is 0 Å². The van der Waals surface area contributed by atoms with E-state index in [4.69, 9.17) is 0 Å². The maximum atomic E-state index is 12.6. The Kier molecular flexibility index (Phi) is 4.43. The monoisotopic (exact) mass is 328 g/mol. The van der Waals surface area contributed by atoms with Crippen molar-refractivity contribution in [3.05, 3.63) is 16.3 Å². The number of rotatable bonds is 6. The zero-order valence-electron chi connectivity index (χ0n) is 10.8. The highest BCUT2D eigenvalue weighted by atomic mass is 32.2. The van der Waals surface area contributed by atoms with Gasteiger partial charge in [-0.05, 0) is 31.3 Å². The summed E-state index contributed by atoms with van der Waals surface area (Å²) in [6.07, 6.45) is -3.56. The molecule has 4 nitrogen and oxygen atoms in total. The third kappa shape index (κ3) is 3.51. The largest absolute Gasteiger partial charge is 0.402 e. The molecule has 1 aromatic rings. The molecule has 1 aliphatic rings. The molecule has 114 valence electrons. The van der Waals surface area contributed by atoms with Crippen LogP contribution in [0, 0.1) is 0 Å². The van der Waals surface area contributed by atoms with Gasteiger partial charge in [0.2, 0.25) is 10.0 Å². The van der Waals surface area contributed by atoms with Crippen molar-refractivity contribution < 1.29 is 21.6 Å². The van der Waals surface area contributed by atoms with E-state index in [0.717, 1.165) is 0 Å². The Balaban J connectivity index is 2.33. The standard InChI is InChI=1S/C11H15F3N2O2S2/c1-15-6-9-10(4-5-19-9)20(17,18)16(8-2-3-8)7-11(12,13)14/h4-5,8,15H,2-3,6-7H2,1H3. The molecule has 0 radical (unpaired) electrons. The molecule has 1 fully saturated rings. The minimum atomic E-state index is -4.53. The lowest BCUT2D eigenvalue weighted by atomic mass is 10.5. The van der Waals surface area contributed by atoms with Crippen molar-refractivity contribution in [3.63, 3.8) is 0 Å². The molecule has 0 saturated heterocycles. The Morgan fingerprint density at radius 1 is 1.45 bits per heavy atom. The van der Waals surface area contributed by atoms with E-state index in [-0.39, 0.29) is 4.90 Å². The van der Waals surface area contributed by atoms with Gasteiger partial charge in [-0.25, -0.2) is 8.42 Å². The van der Waals surface area contributed by atoms with Crippen LogP contribution in [-0.2, 0) is 16.6 Å². The predicted molar refractivity (Wildman–Crippen MR) is 70.1 cm³/mol. The Morgan fingerprint density at radius 3 is 2.60 bits per heavy atom. The average Bonchev–Trinajstić information content (AvgIpc) is 3.05. The minimum absolute atomic E-state index is 0.0204. The summed E-state index contributed by atoms with van der Waals surface area (Å²) in [4.78, 5) is 0.508. The lowest BCUT2D eigenvalue weighted by Gasteiger charge is -2.23. The predicted octanol–water partition coefficient (Wildman–Crippen LogP) is 2.18. The van der Waals surface area contributed by atoms with Gasteiger partial charge in [0.1, 0.15) is 6.54 Å². The van der Waals surface area contributed by atoms with Gasteiger partial charge in [-0.15, -0.1) is 11.3 Å². The highest BCUT2D eigenvalue weighted by Crippen LogP contribution is 2.36. The van der Waals surface area contributed by atoms with Crippen molar-refractivity contribution in [2.75, 3.05) is 13.6 Å². The van der Waals surface area contributed by atoms with Crippen LogP contribution in [0.5, 0.6) is 0 Å². The molecule has 1 saturated carbocycles. The molecular weight excluding hydrogens is 313 g/mol. The van der Waals surface area contributed by atoms with Crippen molar-refractivity contribution in [1.82, 2.24) is 9.62 Å². The molecule has 0 amide bonds. The lowest BCUT2D eigenvalue weighted by molar-refractivity contribution is -0.137. The van der Waals surface area contributed by atoms with Gasteiger partial charge in [-0.2, -0.15) is 17.5 Å². The highest BCUT2D eigenvalue weighted by Gasteiger charge is 2.45. The summed E-state index contributed by atoms with van der Waals surface area (Å²) in [6, 6.07) is 0.849. The molecule has 20 heavy (non-hydrogen) atoms. The van der Waals surface area contributed by atoms with E-state index in [2.05, 4.69) is 5.32 Å². The second-order valence-corrected chi connectivity index (χ2v) is 7.49. The first kappa shape index (κ1) is 15.7. The van der Waals surface area contributed by atoms with Crippen LogP contribution in [-0.4, -0.2) is 38.5 Å². The van der Waals surface area contributed by atoms with E-state index < -0.39 is 28.8 Å². The molecule has 1 aliphatic carbocycles. The molecule has 2 rings (SSSR count). The van der Waals surface area contributed by atoms with E-state index in [1.807, 2.05) is 0 Å². The normalized spacial score (nSPS) is 16.9. The number of alkyl halides is 3. The molecule has 0 spiro atoms. The Hall–Kier alpha value is -0.640. The van der Waals surface area contributed by atoms with Gasteiger partial charge in [0.05, 0.1) is 4.90 Å². The van der Waals surface area contributed by atoms with Gasteiger partial charge >= 0.3 is 6.18 Å². The van der Waals surface area contributed by atoms with E-state index in [9.17, 15) is 21.6 Å². The summed E-state index contributed by atoms with van der Waals surface area (Å²) in [7, 11) is -2.44. The molecular formula is C11H15F3N2O2S2. The van der Waals surface area contributed by atoms with Crippen molar-refractivity contribution in [2.45, 2.75) is 36.5 Å². The lowest BCUT2D eigenvalue weighted by Crippen LogP contribution is -2.40. The smallest absolute Gasteiger partial charge is 0.315 e. The van der Waals surface area contributed by atoms with E-state index in [0.29, 0.717) is 28.6 Å². The number of nitrogens with one attached hydrogen (secondary N) is 1. The zero-order valence-corrected chi connectivity index (χ0v) is 12.4. The van der Waals surface area contributed by atoms with Crippen LogP contribution in [0.1, 0.15) is 17.7 Å². The summed E-state index contributed by atoms with van der Waals surface area (Å²) >= 11 is 1.22. The van der Waals surface area contributed by atoms with Gasteiger partial charge in [-0.3, -0.25) is 0 Å². The fourth-order valence-electron chi connectivity index (χ4n) is 1.92. The number of sulfonamides is 1. The van der Waals surface area contributed by atoms with Crippen molar-refractivity contribution in [3.8, 4) is 0 Å². The second kappa shape index (κ2) is 5.63. The summed E-state index contributed by atoms with van der Waals surface area (Å²) in [5.41, 5.74) is 0. The van der Waals surface area contributed by atoms with Crippen LogP contribution >= 0.6 is 11.3 Å². The first-order valence-electron chi connectivity index (χ1n) is 6.05. The SMILES string of the molecule is CNCc1sccc1S(=O)(=O)N(CC(F)(F)F)C1CC1. The first-order chi connectivity index (χ1) is 9.25. The summed E-state index contributed by atoms with van der Waals surface area (Å²) in [6.45, 7) is -1.11. The van der Waals surface area contributed by atoms with Crippen LogP contribution in [0.25, 0.3) is 0 Å². The van der Waals surface area contributed by atoms with Crippen LogP contribution in [0.15, 0.2) is 16.3 Å². The molecule has 0 unspecified atom stereocenters. The molecule has 0 atom stereocenters. The number of hydrogen-bond donors (Lipinski definition) is 1. The average molecular weight is 328 g/mol. The first-order valence-corrected chi connectivity index (χ1v) is 8.37. The summed E-state index contributed by atoms with van der Waals surface area (Å²) in [5.74, 6) is 0. The van der Waals surface area contributed by atoms with Gasteiger partial charge in [0.25, 0.3) is 0 Å². The van der Waals surface area contributed by atoms with E-state index in [1.54, 1.807) is 12.4 Å². The van der Waals surface area contributed by atoms with Gasteiger partial charge < -0.3 is 5.32 Å². The molecule has 9 heteroatoms. The topological polar surface area (TPSA) is 49.4 Å². The molecule has 1 aromatic heterocycles. The Bertz CT molecular complexity index is 564. The van der Waals surface area contributed by atoms with Crippen molar-refractivity contribution in [1.29, 1.82) is 0 Å². The molecule has 1 heterocycles. The molecule has 0 aromatic carbocycles. The van der Waals surface area contributed by atoms with E-state index in [1.165, 1.54) is 17.4 Å². The molecule has 1 N–H and O–H groups in total. The van der Waals surface area contributed by atoms with Crippen LogP contribution in [0.2, 0.25) is 0 Å². The van der Waals surface area contributed by atoms with E-state index >= 15 is 0 Å². The number of hydrogen-bond acceptors (Lipinski definition) is 4. The van der Waals surface area contributed by atoms with Gasteiger partial charge in [0, 0.05) is 17.5 Å². The maximum absolute atomic E-state index is 12.6. The third-order valence-electron chi connectivity index (χ3n) is 2.92.